The molecule has 146 valence electrons. The Kier molecular flexibility index (Phi) is 7.03. The zero-order valence-electron chi connectivity index (χ0n) is 16.3. The van der Waals surface area contributed by atoms with Crippen LogP contribution >= 0.6 is 11.3 Å². The highest BCUT2D eigenvalue weighted by Gasteiger charge is 2.07. The van der Waals surface area contributed by atoms with Gasteiger partial charge in [0.25, 0.3) is 5.56 Å². The summed E-state index contributed by atoms with van der Waals surface area (Å²) in [5.74, 6) is 1.24. The van der Waals surface area contributed by atoms with Crippen molar-refractivity contribution in [2.45, 2.75) is 25.9 Å². The van der Waals surface area contributed by atoms with E-state index in [9.17, 15) is 4.79 Å². The van der Waals surface area contributed by atoms with E-state index in [0.29, 0.717) is 19.0 Å². The van der Waals surface area contributed by atoms with Gasteiger partial charge >= 0.3 is 0 Å². The Balaban J connectivity index is 1.49. The molecule has 0 bridgehead atoms. The lowest BCUT2D eigenvalue weighted by atomic mass is 10.1. The molecule has 2 N–H and O–H groups in total. The number of rotatable bonds is 7. The zero-order valence-corrected chi connectivity index (χ0v) is 17.1. The van der Waals surface area contributed by atoms with E-state index < -0.39 is 0 Å². The predicted molar refractivity (Wildman–Crippen MR) is 117 cm³/mol. The Morgan fingerprint density at radius 1 is 1.07 bits per heavy atom. The molecule has 3 aromatic rings. The average molecular weight is 395 g/mol. The summed E-state index contributed by atoms with van der Waals surface area (Å²) < 4.78 is 1.70. The number of hydrogen-bond donors (Lipinski definition) is 2. The summed E-state index contributed by atoms with van der Waals surface area (Å²) in [6, 6.07) is 17.7. The van der Waals surface area contributed by atoms with Crippen molar-refractivity contribution < 1.29 is 0 Å². The summed E-state index contributed by atoms with van der Waals surface area (Å²) in [5, 5.41) is 8.85. The van der Waals surface area contributed by atoms with Crippen molar-refractivity contribution in [1.82, 2.24) is 15.2 Å². The lowest BCUT2D eigenvalue weighted by Crippen LogP contribution is -2.38. The van der Waals surface area contributed by atoms with Crippen LogP contribution in [-0.4, -0.2) is 24.1 Å². The summed E-state index contributed by atoms with van der Waals surface area (Å²) >= 11 is 1.78. The van der Waals surface area contributed by atoms with Crippen molar-refractivity contribution in [2.75, 3.05) is 13.6 Å². The summed E-state index contributed by atoms with van der Waals surface area (Å²) in [7, 11) is 1.78. The van der Waals surface area contributed by atoms with E-state index in [1.165, 1.54) is 10.4 Å². The van der Waals surface area contributed by atoms with Crippen LogP contribution in [0.15, 0.2) is 76.0 Å². The van der Waals surface area contributed by atoms with Crippen LogP contribution in [0.2, 0.25) is 0 Å². The first-order valence-corrected chi connectivity index (χ1v) is 10.2. The molecule has 28 heavy (non-hydrogen) atoms. The van der Waals surface area contributed by atoms with E-state index in [2.05, 4.69) is 64.3 Å². The summed E-state index contributed by atoms with van der Waals surface area (Å²) in [4.78, 5) is 17.5. The second kappa shape index (κ2) is 9.90. The summed E-state index contributed by atoms with van der Waals surface area (Å²) in [6.07, 6.45) is 1.81. The fourth-order valence-corrected chi connectivity index (χ4v) is 3.67. The van der Waals surface area contributed by atoms with Gasteiger partial charge in [0, 0.05) is 43.2 Å². The number of nitrogens with zero attached hydrogens (tertiary/aromatic N) is 2. The number of benzene rings is 1. The standard InChI is InChI=1S/C22H26N4OS/c1-17(20-6-5-13-28-20)14-24-22(23-2)25-15-18-8-10-19(11-9-18)16-26-12-4-3-7-21(26)27/h3-13,17H,14-16H2,1-2H3,(H2,23,24,25). The van der Waals surface area contributed by atoms with E-state index in [0.717, 1.165) is 18.1 Å². The minimum atomic E-state index is 0.0138. The molecule has 0 amide bonds. The van der Waals surface area contributed by atoms with Crippen LogP contribution in [0.3, 0.4) is 0 Å². The minimum Gasteiger partial charge on any atom is -0.356 e. The molecule has 0 aliphatic carbocycles. The van der Waals surface area contributed by atoms with E-state index in [1.807, 2.05) is 12.3 Å². The monoisotopic (exact) mass is 394 g/mol. The first-order chi connectivity index (χ1) is 13.7. The normalized spacial score (nSPS) is 12.6. The van der Waals surface area contributed by atoms with Crippen molar-refractivity contribution in [1.29, 1.82) is 0 Å². The molecule has 0 aliphatic heterocycles. The van der Waals surface area contributed by atoms with Gasteiger partial charge in [-0.1, -0.05) is 43.3 Å². The molecule has 5 nitrogen and oxygen atoms in total. The summed E-state index contributed by atoms with van der Waals surface area (Å²) in [6.45, 7) is 4.32. The topological polar surface area (TPSA) is 58.4 Å². The second-order valence-electron chi connectivity index (χ2n) is 6.71. The average Bonchev–Trinajstić information content (AvgIpc) is 3.26. The maximum atomic E-state index is 11.8. The van der Waals surface area contributed by atoms with Crippen LogP contribution in [0.5, 0.6) is 0 Å². The number of thiophene rings is 1. The fourth-order valence-electron chi connectivity index (χ4n) is 2.88. The quantitative estimate of drug-likeness (QED) is 0.477. The smallest absolute Gasteiger partial charge is 0.250 e. The van der Waals surface area contributed by atoms with Gasteiger partial charge in [-0.2, -0.15) is 0 Å². The molecule has 1 aromatic carbocycles. The van der Waals surface area contributed by atoms with Gasteiger partial charge in [-0.05, 0) is 28.6 Å². The largest absolute Gasteiger partial charge is 0.356 e. The summed E-state index contributed by atoms with van der Waals surface area (Å²) in [5.41, 5.74) is 2.28. The van der Waals surface area contributed by atoms with Gasteiger partial charge < -0.3 is 15.2 Å². The van der Waals surface area contributed by atoms with Crippen LogP contribution in [-0.2, 0) is 13.1 Å². The molecule has 0 aliphatic rings. The van der Waals surface area contributed by atoms with E-state index >= 15 is 0 Å². The first-order valence-electron chi connectivity index (χ1n) is 9.37. The fraction of sp³-hybridized carbons (Fsp3) is 0.273. The molecule has 2 aromatic heterocycles. The molecule has 6 heteroatoms. The van der Waals surface area contributed by atoms with Gasteiger partial charge in [0.15, 0.2) is 5.96 Å². The van der Waals surface area contributed by atoms with E-state index in [-0.39, 0.29) is 5.56 Å². The number of hydrogen-bond acceptors (Lipinski definition) is 3. The van der Waals surface area contributed by atoms with Crippen LogP contribution in [0, 0.1) is 0 Å². The molecule has 0 radical (unpaired) electrons. The number of pyridine rings is 1. The van der Waals surface area contributed by atoms with Gasteiger partial charge in [0.05, 0.1) is 6.54 Å². The Bertz CT molecular complexity index is 945. The third-order valence-electron chi connectivity index (χ3n) is 4.56. The van der Waals surface area contributed by atoms with Crippen LogP contribution < -0.4 is 16.2 Å². The Morgan fingerprint density at radius 3 is 2.54 bits per heavy atom. The van der Waals surface area contributed by atoms with Crippen LogP contribution in [0.25, 0.3) is 0 Å². The van der Waals surface area contributed by atoms with Gasteiger partial charge in [0.1, 0.15) is 0 Å². The highest BCUT2D eigenvalue weighted by molar-refractivity contribution is 7.10. The van der Waals surface area contributed by atoms with Crippen molar-refractivity contribution in [3.05, 3.63) is 92.5 Å². The lowest BCUT2D eigenvalue weighted by Gasteiger charge is -2.15. The van der Waals surface area contributed by atoms with Gasteiger partial charge in [0.2, 0.25) is 0 Å². The molecule has 3 rings (SSSR count). The van der Waals surface area contributed by atoms with Gasteiger partial charge in [-0.3, -0.25) is 9.79 Å². The number of guanidine groups is 1. The van der Waals surface area contributed by atoms with Crippen molar-refractivity contribution in [3.8, 4) is 0 Å². The minimum absolute atomic E-state index is 0.0138. The number of aliphatic imine (C=N–C) groups is 1. The molecule has 0 spiro atoms. The molecule has 0 fully saturated rings. The second-order valence-corrected chi connectivity index (χ2v) is 7.69. The Hall–Kier alpha value is -2.86. The molecule has 0 saturated heterocycles. The predicted octanol–water partition coefficient (Wildman–Crippen LogP) is 3.43. The van der Waals surface area contributed by atoms with Gasteiger partial charge in [-0.25, -0.2) is 0 Å². The highest BCUT2D eigenvalue weighted by atomic mass is 32.1. The van der Waals surface area contributed by atoms with Gasteiger partial charge in [-0.15, -0.1) is 11.3 Å². The SMILES string of the molecule is CN=C(NCc1ccc(Cn2ccccc2=O)cc1)NCC(C)c1cccs1. The molecule has 1 unspecified atom stereocenters. The molecule has 1 atom stereocenters. The molecule has 0 saturated carbocycles. The van der Waals surface area contributed by atoms with Crippen molar-refractivity contribution in [3.63, 3.8) is 0 Å². The third kappa shape index (κ3) is 5.57. The molecular formula is C22H26N4OS. The maximum absolute atomic E-state index is 11.8. The zero-order chi connectivity index (χ0) is 19.8. The van der Waals surface area contributed by atoms with Crippen molar-refractivity contribution in [2.24, 2.45) is 4.99 Å². The molecular weight excluding hydrogens is 368 g/mol. The number of aromatic nitrogens is 1. The van der Waals surface area contributed by atoms with Crippen LogP contribution in [0.1, 0.15) is 28.8 Å². The Morgan fingerprint density at radius 2 is 1.86 bits per heavy atom. The van der Waals surface area contributed by atoms with E-state index in [1.54, 1.807) is 35.1 Å². The van der Waals surface area contributed by atoms with Crippen molar-refractivity contribution >= 4 is 17.3 Å². The number of nitrogens with one attached hydrogen (secondary N) is 2. The maximum Gasteiger partial charge on any atom is 0.250 e. The van der Waals surface area contributed by atoms with E-state index in [4.69, 9.17) is 0 Å². The molecule has 2 heterocycles. The lowest BCUT2D eigenvalue weighted by molar-refractivity contribution is 0.708. The third-order valence-corrected chi connectivity index (χ3v) is 5.67. The highest BCUT2D eigenvalue weighted by Crippen LogP contribution is 2.19. The first kappa shape index (κ1) is 19.9. The Labute approximate surface area is 169 Å². The van der Waals surface area contributed by atoms with Crippen LogP contribution in [0.4, 0.5) is 0 Å².